The minimum absolute atomic E-state index is 0.112. The van der Waals surface area contributed by atoms with Gasteiger partial charge in [0.2, 0.25) is 0 Å². The number of benzene rings is 1. The van der Waals surface area contributed by atoms with Gasteiger partial charge in [-0.15, -0.1) is 0 Å². The van der Waals surface area contributed by atoms with Gasteiger partial charge in [0.1, 0.15) is 5.75 Å². The van der Waals surface area contributed by atoms with E-state index in [1.54, 1.807) is 0 Å². The molecule has 0 radical (unpaired) electrons. The Bertz CT molecular complexity index is 410. The van der Waals surface area contributed by atoms with Gasteiger partial charge in [-0.05, 0) is 6.07 Å². The predicted molar refractivity (Wildman–Crippen MR) is 57.4 cm³/mol. The van der Waals surface area contributed by atoms with Gasteiger partial charge in [0, 0.05) is 17.7 Å². The molecule has 1 rings (SSSR count). The van der Waals surface area contributed by atoms with Crippen LogP contribution in [0.15, 0.2) is 18.2 Å². The molecule has 1 unspecified atom stereocenters. The zero-order valence-corrected chi connectivity index (χ0v) is 9.19. The van der Waals surface area contributed by atoms with Gasteiger partial charge < -0.3 is 15.6 Å². The zero-order chi connectivity index (χ0) is 13.0. The second-order valence-corrected chi connectivity index (χ2v) is 3.43. The summed E-state index contributed by atoms with van der Waals surface area (Å²) in [6.07, 6.45) is -2.63. The Morgan fingerprint density at radius 2 is 2.18 bits per heavy atom. The van der Waals surface area contributed by atoms with Crippen molar-refractivity contribution in [1.29, 1.82) is 0 Å². The molecule has 0 bridgehead atoms. The van der Waals surface area contributed by atoms with Crippen LogP contribution in [0, 0.1) is 0 Å². The first-order valence-corrected chi connectivity index (χ1v) is 4.90. The van der Waals surface area contributed by atoms with Gasteiger partial charge >= 0.3 is 5.97 Å². The molecular weight excluding hydrogens is 232 g/mol. The number of methoxy groups -OCH3 is 1. The summed E-state index contributed by atoms with van der Waals surface area (Å²) in [4.78, 5) is 10.9. The minimum atomic E-state index is -2.63. The smallest absolute Gasteiger partial charge is 0.312 e. The maximum atomic E-state index is 12.5. The number of carboxylic acids is 1. The fourth-order valence-electron chi connectivity index (χ4n) is 1.51. The quantitative estimate of drug-likeness (QED) is 0.829. The Morgan fingerprint density at radius 1 is 1.53 bits per heavy atom. The first kappa shape index (κ1) is 13.4. The molecule has 0 aromatic heterocycles. The van der Waals surface area contributed by atoms with Crippen LogP contribution in [-0.4, -0.2) is 24.7 Å². The van der Waals surface area contributed by atoms with Crippen molar-refractivity contribution in [2.24, 2.45) is 5.73 Å². The molecule has 0 heterocycles. The number of aliphatic carboxylic acids is 1. The molecule has 1 aromatic carbocycles. The highest BCUT2D eigenvalue weighted by Gasteiger charge is 2.23. The number of ether oxygens (including phenoxy) is 1. The number of rotatable bonds is 5. The molecule has 0 aliphatic rings. The Labute approximate surface area is 97.0 Å². The Kier molecular flexibility index (Phi) is 4.39. The number of hydrogen-bond donors (Lipinski definition) is 2. The summed E-state index contributed by atoms with van der Waals surface area (Å²) < 4.78 is 29.8. The number of carbonyl (C=O) groups is 1. The van der Waals surface area contributed by atoms with E-state index >= 15 is 0 Å². The third kappa shape index (κ3) is 2.91. The molecule has 17 heavy (non-hydrogen) atoms. The van der Waals surface area contributed by atoms with Crippen LogP contribution in [0.2, 0.25) is 0 Å². The normalized spacial score (nSPS) is 12.5. The topological polar surface area (TPSA) is 72.5 Å². The van der Waals surface area contributed by atoms with Crippen molar-refractivity contribution in [1.82, 2.24) is 0 Å². The molecule has 6 heteroatoms. The molecule has 94 valence electrons. The summed E-state index contributed by atoms with van der Waals surface area (Å²) in [6, 6.07) is 3.62. The number of hydrogen-bond acceptors (Lipinski definition) is 3. The van der Waals surface area contributed by atoms with Crippen LogP contribution in [0.1, 0.15) is 23.5 Å². The van der Waals surface area contributed by atoms with Crippen molar-refractivity contribution < 1.29 is 23.4 Å². The van der Waals surface area contributed by atoms with Crippen molar-refractivity contribution in [3.8, 4) is 5.75 Å². The third-order valence-electron chi connectivity index (χ3n) is 2.42. The van der Waals surface area contributed by atoms with E-state index in [0.29, 0.717) is 5.56 Å². The van der Waals surface area contributed by atoms with E-state index in [9.17, 15) is 13.6 Å². The molecule has 0 aliphatic carbocycles. The van der Waals surface area contributed by atoms with Gasteiger partial charge in [-0.1, -0.05) is 12.1 Å². The highest BCUT2D eigenvalue weighted by Crippen LogP contribution is 2.31. The van der Waals surface area contributed by atoms with Crippen LogP contribution >= 0.6 is 0 Å². The van der Waals surface area contributed by atoms with Gasteiger partial charge in [-0.3, -0.25) is 4.79 Å². The largest absolute Gasteiger partial charge is 0.496 e. The van der Waals surface area contributed by atoms with Crippen molar-refractivity contribution >= 4 is 5.97 Å². The van der Waals surface area contributed by atoms with Crippen LogP contribution in [0.4, 0.5) is 8.78 Å². The zero-order valence-electron chi connectivity index (χ0n) is 9.19. The Hall–Kier alpha value is -1.69. The molecule has 3 N–H and O–H groups in total. The third-order valence-corrected chi connectivity index (χ3v) is 2.42. The van der Waals surface area contributed by atoms with E-state index < -0.39 is 18.3 Å². The van der Waals surface area contributed by atoms with Crippen LogP contribution in [-0.2, 0) is 4.79 Å². The number of carboxylic acid groups (broad SMARTS) is 1. The summed E-state index contributed by atoms with van der Waals surface area (Å²) in [5.41, 5.74) is 5.42. The molecule has 1 aromatic rings. The first-order valence-electron chi connectivity index (χ1n) is 4.90. The van der Waals surface area contributed by atoms with Gasteiger partial charge in [-0.25, -0.2) is 8.78 Å². The average Bonchev–Trinajstić information content (AvgIpc) is 2.29. The van der Waals surface area contributed by atoms with Gasteiger partial charge in [0.25, 0.3) is 6.43 Å². The number of halogens is 2. The van der Waals surface area contributed by atoms with E-state index in [-0.39, 0.29) is 17.9 Å². The second-order valence-electron chi connectivity index (χ2n) is 3.43. The van der Waals surface area contributed by atoms with Gasteiger partial charge in [0.05, 0.1) is 13.0 Å². The fourth-order valence-corrected chi connectivity index (χ4v) is 1.51. The lowest BCUT2D eigenvalue weighted by Crippen LogP contribution is -2.21. The summed E-state index contributed by atoms with van der Waals surface area (Å²) in [7, 11) is 1.30. The van der Waals surface area contributed by atoms with Crippen LogP contribution in [0.5, 0.6) is 5.75 Å². The predicted octanol–water partition coefficient (Wildman–Crippen LogP) is 1.76. The lowest BCUT2D eigenvalue weighted by molar-refractivity contribution is -0.138. The maximum absolute atomic E-state index is 12.5. The van der Waals surface area contributed by atoms with Gasteiger partial charge in [0.15, 0.2) is 0 Å². The Morgan fingerprint density at radius 3 is 2.59 bits per heavy atom. The van der Waals surface area contributed by atoms with Crippen LogP contribution in [0.3, 0.4) is 0 Å². The summed E-state index contributed by atoms with van der Waals surface area (Å²) in [5, 5.41) is 8.94. The highest BCUT2D eigenvalue weighted by atomic mass is 19.3. The highest BCUT2D eigenvalue weighted by molar-refractivity contribution is 5.77. The second kappa shape index (κ2) is 5.58. The molecule has 0 saturated carbocycles. The lowest BCUT2D eigenvalue weighted by atomic mass is 9.97. The maximum Gasteiger partial charge on any atom is 0.312 e. The van der Waals surface area contributed by atoms with Crippen molar-refractivity contribution in [3.63, 3.8) is 0 Å². The molecule has 1 atom stereocenters. The molecule has 4 nitrogen and oxygen atoms in total. The average molecular weight is 245 g/mol. The monoisotopic (exact) mass is 245 g/mol. The lowest BCUT2D eigenvalue weighted by Gasteiger charge is -2.15. The minimum Gasteiger partial charge on any atom is -0.496 e. The number of nitrogens with two attached hydrogens (primary N) is 1. The summed E-state index contributed by atoms with van der Waals surface area (Å²) >= 11 is 0. The van der Waals surface area contributed by atoms with Crippen molar-refractivity contribution in [3.05, 3.63) is 29.3 Å². The van der Waals surface area contributed by atoms with E-state index in [4.69, 9.17) is 15.6 Å². The molecule has 0 aliphatic heterocycles. The Balaban J connectivity index is 3.20. The molecule has 0 fully saturated rings. The van der Waals surface area contributed by atoms with E-state index in [0.717, 1.165) is 6.07 Å². The molecule has 0 saturated heterocycles. The standard InChI is InChI=1S/C11H13F2NO3/c1-17-9-4-6(10(12)13)2-3-7(9)8(5-14)11(15)16/h2-4,8,10H,5,14H2,1H3,(H,15,16). The molecule has 0 amide bonds. The van der Waals surface area contributed by atoms with E-state index in [1.165, 1.54) is 19.2 Å². The SMILES string of the molecule is COc1cc(C(F)F)ccc1C(CN)C(=O)O. The van der Waals surface area contributed by atoms with Crippen LogP contribution < -0.4 is 10.5 Å². The number of alkyl halides is 2. The van der Waals surface area contributed by atoms with Gasteiger partial charge in [-0.2, -0.15) is 0 Å². The van der Waals surface area contributed by atoms with Crippen LogP contribution in [0.25, 0.3) is 0 Å². The summed E-state index contributed by atoms with van der Waals surface area (Å²) in [5.74, 6) is -1.96. The first-order chi connectivity index (χ1) is 8.01. The fraction of sp³-hybridized carbons (Fsp3) is 0.364. The molecule has 0 spiro atoms. The van der Waals surface area contributed by atoms with E-state index in [2.05, 4.69) is 0 Å². The van der Waals surface area contributed by atoms with Crippen molar-refractivity contribution in [2.45, 2.75) is 12.3 Å². The summed E-state index contributed by atoms with van der Waals surface area (Å²) in [6.45, 7) is -0.125. The van der Waals surface area contributed by atoms with Crippen molar-refractivity contribution in [2.75, 3.05) is 13.7 Å². The van der Waals surface area contributed by atoms with E-state index in [1.807, 2.05) is 0 Å². The molecular formula is C11H13F2NO3.